The van der Waals surface area contributed by atoms with E-state index >= 15 is 0 Å². The molecule has 0 saturated heterocycles. The molecule has 0 aromatic heterocycles. The zero-order chi connectivity index (χ0) is 20.6. The number of benzene rings is 2. The second kappa shape index (κ2) is 10.0. The predicted octanol–water partition coefficient (Wildman–Crippen LogP) is 4.14. The molecule has 0 saturated carbocycles. The van der Waals surface area contributed by atoms with Gasteiger partial charge < -0.3 is 13.6 Å². The average Bonchev–Trinajstić information content (AvgIpc) is 2.61. The van der Waals surface area contributed by atoms with Gasteiger partial charge in [-0.25, -0.2) is 13.0 Å². The monoisotopic (exact) mass is 429 g/mol. The van der Waals surface area contributed by atoms with Crippen LogP contribution in [0.25, 0.3) is 0 Å². The van der Waals surface area contributed by atoms with Gasteiger partial charge in [0.05, 0.1) is 13.2 Å². The Bertz CT molecular complexity index is 843. The van der Waals surface area contributed by atoms with E-state index in [1.165, 1.54) is 0 Å². The molecule has 10 heteroatoms. The van der Waals surface area contributed by atoms with E-state index in [-0.39, 0.29) is 26.1 Å². The summed E-state index contributed by atoms with van der Waals surface area (Å²) < 4.78 is 64.7. The molecule has 0 spiro atoms. The van der Waals surface area contributed by atoms with Gasteiger partial charge in [0.15, 0.2) is 0 Å². The fourth-order valence-electron chi connectivity index (χ4n) is 2.07. The van der Waals surface area contributed by atoms with Crippen LogP contribution < -0.4 is 9.05 Å². The Hall–Kier alpha value is -1.90. The largest absolute Gasteiger partial charge is 0.726 e. The zero-order valence-corrected chi connectivity index (χ0v) is 17.3. The van der Waals surface area contributed by atoms with E-state index in [9.17, 15) is 17.5 Å². The van der Waals surface area contributed by atoms with Gasteiger partial charge in [-0.2, -0.15) is 0 Å². The first-order valence-electron chi connectivity index (χ1n) is 8.53. The summed E-state index contributed by atoms with van der Waals surface area (Å²) >= 11 is 0. The summed E-state index contributed by atoms with van der Waals surface area (Å²) in [7, 11) is -8.72. The lowest BCUT2D eigenvalue weighted by Crippen LogP contribution is -2.08. The minimum absolute atomic E-state index is 0.0444. The van der Waals surface area contributed by atoms with Gasteiger partial charge in [-0.05, 0) is 51.0 Å². The van der Waals surface area contributed by atoms with E-state index in [1.54, 1.807) is 48.5 Å². The third kappa shape index (κ3) is 8.41. The third-order valence-electron chi connectivity index (χ3n) is 3.49. The Labute approximate surface area is 165 Å². The van der Waals surface area contributed by atoms with Crippen LogP contribution in [0.1, 0.15) is 24.0 Å². The molecule has 0 amide bonds. The van der Waals surface area contributed by atoms with Gasteiger partial charge in [0.2, 0.25) is 10.4 Å². The van der Waals surface area contributed by atoms with E-state index in [2.05, 4.69) is 4.18 Å². The first-order valence-corrected chi connectivity index (χ1v) is 11.3. The van der Waals surface area contributed by atoms with Crippen LogP contribution in [-0.4, -0.2) is 26.2 Å². The third-order valence-corrected chi connectivity index (χ3v) is 5.32. The van der Waals surface area contributed by atoms with Gasteiger partial charge in [-0.3, -0.25) is 8.71 Å². The number of rotatable bonds is 11. The predicted molar refractivity (Wildman–Crippen MR) is 102 cm³/mol. The van der Waals surface area contributed by atoms with Crippen molar-refractivity contribution in [2.24, 2.45) is 0 Å². The van der Waals surface area contributed by atoms with Crippen molar-refractivity contribution in [3.63, 3.8) is 0 Å². The molecule has 0 radical (unpaired) electrons. The molecule has 0 atom stereocenters. The Balaban J connectivity index is 1.99. The molecule has 0 aliphatic carbocycles. The summed E-state index contributed by atoms with van der Waals surface area (Å²) in [5, 5.41) is 0. The topological polar surface area (TPSA) is 111 Å². The Kier molecular flexibility index (Phi) is 8.03. The maximum absolute atomic E-state index is 13.1. The lowest BCUT2D eigenvalue weighted by atomic mass is 10.2. The highest BCUT2D eigenvalue weighted by Gasteiger charge is 2.30. The van der Waals surface area contributed by atoms with Gasteiger partial charge in [0.1, 0.15) is 11.5 Å². The number of phosphoric acid groups is 1. The molecule has 0 unspecified atom stereocenters. The van der Waals surface area contributed by atoms with Gasteiger partial charge in [-0.15, -0.1) is 0 Å². The SMILES string of the molecule is Cc1ccc(OP(=O)(OCCCCOS(=O)(=O)[O-])Oc2ccc(C)cc2)cc1. The highest BCUT2D eigenvalue weighted by atomic mass is 32.3. The minimum Gasteiger partial charge on any atom is -0.726 e. The van der Waals surface area contributed by atoms with Crippen LogP contribution in [-0.2, 0) is 23.7 Å². The van der Waals surface area contributed by atoms with Crippen LogP contribution in [0.2, 0.25) is 0 Å². The summed E-state index contributed by atoms with van der Waals surface area (Å²) in [6.45, 7) is 3.49. The number of hydrogen-bond acceptors (Lipinski definition) is 8. The maximum Gasteiger partial charge on any atom is 0.587 e. The fourth-order valence-corrected chi connectivity index (χ4v) is 3.65. The van der Waals surface area contributed by atoms with Gasteiger partial charge in [-0.1, -0.05) is 35.4 Å². The second-order valence-corrected chi connectivity index (χ2v) is 8.60. The first kappa shape index (κ1) is 22.4. The highest BCUT2D eigenvalue weighted by Crippen LogP contribution is 2.49. The molecule has 8 nitrogen and oxygen atoms in total. The number of aryl methyl sites for hydroxylation is 2. The van der Waals surface area contributed by atoms with Crippen molar-refractivity contribution in [2.45, 2.75) is 26.7 Å². The summed E-state index contributed by atoms with van der Waals surface area (Å²) in [5.41, 5.74) is 2.02. The van der Waals surface area contributed by atoms with E-state index in [4.69, 9.17) is 13.6 Å². The van der Waals surface area contributed by atoms with Crippen molar-refractivity contribution in [1.82, 2.24) is 0 Å². The van der Waals surface area contributed by atoms with Gasteiger partial charge in [0.25, 0.3) is 0 Å². The van der Waals surface area contributed by atoms with Crippen LogP contribution in [0.3, 0.4) is 0 Å². The number of phosphoric ester groups is 1. The van der Waals surface area contributed by atoms with E-state index in [1.807, 2.05) is 13.8 Å². The molecule has 154 valence electrons. The molecule has 0 heterocycles. The molecule has 0 aliphatic rings. The quantitative estimate of drug-likeness (QED) is 0.227. The van der Waals surface area contributed by atoms with Gasteiger partial charge in [0, 0.05) is 0 Å². The van der Waals surface area contributed by atoms with E-state index < -0.39 is 18.2 Å². The van der Waals surface area contributed by atoms with Gasteiger partial charge >= 0.3 is 7.82 Å². The van der Waals surface area contributed by atoms with Crippen molar-refractivity contribution in [2.75, 3.05) is 13.2 Å². The van der Waals surface area contributed by atoms with Crippen LogP contribution in [0.4, 0.5) is 0 Å². The summed E-state index contributed by atoms with van der Waals surface area (Å²) in [4.78, 5) is 0. The van der Waals surface area contributed by atoms with Crippen molar-refractivity contribution < 1.29 is 35.3 Å². The van der Waals surface area contributed by atoms with Crippen molar-refractivity contribution in [3.8, 4) is 11.5 Å². The first-order chi connectivity index (χ1) is 13.2. The number of unbranched alkanes of at least 4 members (excludes halogenated alkanes) is 1. The van der Waals surface area contributed by atoms with Crippen molar-refractivity contribution in [3.05, 3.63) is 59.7 Å². The average molecular weight is 429 g/mol. The Morgan fingerprint density at radius 1 is 0.821 bits per heavy atom. The zero-order valence-electron chi connectivity index (χ0n) is 15.6. The lowest BCUT2D eigenvalue weighted by Gasteiger charge is -2.19. The molecule has 2 rings (SSSR count). The molecule has 0 bridgehead atoms. The van der Waals surface area contributed by atoms with Crippen LogP contribution in [0.5, 0.6) is 11.5 Å². The van der Waals surface area contributed by atoms with E-state index in [0.29, 0.717) is 11.5 Å². The summed E-state index contributed by atoms with van der Waals surface area (Å²) in [6, 6.07) is 13.8. The summed E-state index contributed by atoms with van der Waals surface area (Å²) in [5.74, 6) is 0.642. The second-order valence-electron chi connectivity index (χ2n) is 6.03. The standard InChI is InChI=1S/C18H23O8PS/c1-15-5-9-17(10-6-15)25-27(19,26-18-11-7-16(2)8-12-18)23-13-3-4-14-24-28(20,21)22/h5-12H,3-4,13-14H2,1-2H3,(H,20,21,22)/p-1. The maximum atomic E-state index is 13.1. The van der Waals surface area contributed by atoms with Crippen molar-refractivity contribution >= 4 is 18.2 Å². The van der Waals surface area contributed by atoms with E-state index in [0.717, 1.165) is 11.1 Å². The lowest BCUT2D eigenvalue weighted by molar-refractivity contribution is 0.195. The van der Waals surface area contributed by atoms with Crippen LogP contribution in [0, 0.1) is 13.8 Å². The Morgan fingerprint density at radius 3 is 1.68 bits per heavy atom. The molecule has 0 aliphatic heterocycles. The number of hydrogen-bond donors (Lipinski definition) is 0. The molecular weight excluding hydrogens is 407 g/mol. The van der Waals surface area contributed by atoms with Crippen LogP contribution in [0.15, 0.2) is 48.5 Å². The fraction of sp³-hybridized carbons (Fsp3) is 0.333. The normalized spacial score (nSPS) is 12.0. The summed E-state index contributed by atoms with van der Waals surface area (Å²) in [6.07, 6.45) is 0.505. The van der Waals surface area contributed by atoms with Crippen molar-refractivity contribution in [1.29, 1.82) is 0 Å². The molecule has 28 heavy (non-hydrogen) atoms. The molecule has 0 N–H and O–H groups in total. The molecule has 0 fully saturated rings. The minimum atomic E-state index is -4.72. The Morgan fingerprint density at radius 2 is 1.25 bits per heavy atom. The molecule has 2 aromatic rings. The van der Waals surface area contributed by atoms with Crippen LogP contribution >= 0.6 is 7.82 Å². The molecular formula is C18H22O8PS-. The molecule has 2 aromatic carbocycles. The highest BCUT2D eigenvalue weighted by molar-refractivity contribution is 7.80. The smallest absolute Gasteiger partial charge is 0.587 e.